The molecule has 5 nitrogen and oxygen atoms in total. The first-order valence-electron chi connectivity index (χ1n) is 7.47. The molecule has 1 atom stereocenters. The molecular formula is C18H19NO4. The summed E-state index contributed by atoms with van der Waals surface area (Å²) in [6.07, 6.45) is 0.836. The van der Waals surface area contributed by atoms with Crippen LogP contribution < -0.4 is 14.8 Å². The van der Waals surface area contributed by atoms with E-state index >= 15 is 0 Å². The Labute approximate surface area is 135 Å². The van der Waals surface area contributed by atoms with Gasteiger partial charge in [-0.3, -0.25) is 0 Å². The van der Waals surface area contributed by atoms with Crippen LogP contribution in [-0.2, 0) is 4.74 Å². The number of carbonyl (C=O) groups excluding carboxylic acids is 1. The molecule has 0 radical (unpaired) electrons. The fraction of sp³-hybridized carbons (Fsp3) is 0.278. The highest BCUT2D eigenvalue weighted by molar-refractivity contribution is 5.90. The van der Waals surface area contributed by atoms with E-state index in [4.69, 9.17) is 14.2 Å². The fourth-order valence-electron chi connectivity index (χ4n) is 2.74. The first-order chi connectivity index (χ1) is 11.2. The van der Waals surface area contributed by atoms with Crippen LogP contribution in [0.4, 0.5) is 5.69 Å². The molecule has 1 heterocycles. The zero-order chi connectivity index (χ0) is 16.2. The number of benzene rings is 2. The van der Waals surface area contributed by atoms with Crippen molar-refractivity contribution in [2.24, 2.45) is 0 Å². The van der Waals surface area contributed by atoms with Gasteiger partial charge in [-0.1, -0.05) is 18.2 Å². The molecule has 1 aliphatic heterocycles. The van der Waals surface area contributed by atoms with Crippen molar-refractivity contribution in [3.05, 3.63) is 53.6 Å². The normalized spacial score (nSPS) is 16.0. The first-order valence-corrected chi connectivity index (χ1v) is 7.47. The first kappa shape index (κ1) is 15.2. The van der Waals surface area contributed by atoms with Gasteiger partial charge in [-0.15, -0.1) is 0 Å². The predicted molar refractivity (Wildman–Crippen MR) is 87.3 cm³/mol. The van der Waals surface area contributed by atoms with Crippen LogP contribution in [0.3, 0.4) is 0 Å². The number of esters is 1. The van der Waals surface area contributed by atoms with Crippen molar-refractivity contribution >= 4 is 11.7 Å². The van der Waals surface area contributed by atoms with Gasteiger partial charge in [0.15, 0.2) is 0 Å². The van der Waals surface area contributed by atoms with Crippen LogP contribution in [0, 0.1) is 0 Å². The van der Waals surface area contributed by atoms with Crippen molar-refractivity contribution in [2.45, 2.75) is 12.5 Å². The molecule has 120 valence electrons. The van der Waals surface area contributed by atoms with Gasteiger partial charge < -0.3 is 19.5 Å². The van der Waals surface area contributed by atoms with Crippen LogP contribution in [0.2, 0.25) is 0 Å². The molecule has 0 saturated carbocycles. The van der Waals surface area contributed by atoms with Crippen LogP contribution in [0.5, 0.6) is 11.5 Å². The minimum absolute atomic E-state index is 0.0988. The average Bonchev–Trinajstić information content (AvgIpc) is 2.61. The summed E-state index contributed by atoms with van der Waals surface area (Å²) in [6.45, 7) is 0.588. The Bertz CT molecular complexity index is 714. The molecule has 0 saturated heterocycles. The maximum atomic E-state index is 11.6. The Morgan fingerprint density at radius 1 is 1.22 bits per heavy atom. The van der Waals surface area contributed by atoms with Crippen LogP contribution in [-0.4, -0.2) is 26.8 Å². The lowest BCUT2D eigenvalue weighted by Gasteiger charge is -2.28. The summed E-state index contributed by atoms with van der Waals surface area (Å²) in [5.41, 5.74) is 2.45. The predicted octanol–water partition coefficient (Wildman–Crippen LogP) is 3.42. The van der Waals surface area contributed by atoms with E-state index in [1.165, 1.54) is 7.11 Å². The highest BCUT2D eigenvalue weighted by atomic mass is 16.5. The van der Waals surface area contributed by atoms with Gasteiger partial charge in [0.25, 0.3) is 0 Å². The van der Waals surface area contributed by atoms with E-state index in [-0.39, 0.29) is 12.0 Å². The highest BCUT2D eigenvalue weighted by Gasteiger charge is 2.23. The average molecular weight is 313 g/mol. The maximum Gasteiger partial charge on any atom is 0.337 e. The number of hydrogen-bond donors (Lipinski definition) is 1. The lowest BCUT2D eigenvalue weighted by Crippen LogP contribution is -2.21. The molecule has 1 aliphatic rings. The number of methoxy groups -OCH3 is 2. The van der Waals surface area contributed by atoms with Gasteiger partial charge in [-0.25, -0.2) is 4.79 Å². The number of carbonyl (C=O) groups is 1. The molecule has 0 bridgehead atoms. The molecular weight excluding hydrogens is 294 g/mol. The smallest absolute Gasteiger partial charge is 0.337 e. The van der Waals surface area contributed by atoms with E-state index in [9.17, 15) is 4.79 Å². The topological polar surface area (TPSA) is 56.8 Å². The standard InChI is InChI=1S/C18H19NO4/c1-21-16-6-4-3-5-15(16)19-14-9-10-23-17-11-12(18(20)22-2)7-8-13(14)17/h3-8,11,14,19H,9-10H2,1-2H3. The molecule has 23 heavy (non-hydrogen) atoms. The molecule has 0 spiro atoms. The third-order valence-corrected chi connectivity index (χ3v) is 3.91. The molecule has 2 aromatic carbocycles. The van der Waals surface area contributed by atoms with Gasteiger partial charge >= 0.3 is 5.97 Å². The second kappa shape index (κ2) is 6.60. The molecule has 0 aromatic heterocycles. The number of ether oxygens (including phenoxy) is 3. The van der Waals surface area contributed by atoms with Gasteiger partial charge in [0, 0.05) is 12.0 Å². The highest BCUT2D eigenvalue weighted by Crippen LogP contribution is 2.37. The van der Waals surface area contributed by atoms with Crippen molar-refractivity contribution in [2.75, 3.05) is 26.1 Å². The molecule has 1 N–H and O–H groups in total. The Morgan fingerprint density at radius 2 is 2.04 bits per heavy atom. The molecule has 0 amide bonds. The summed E-state index contributed by atoms with van der Waals surface area (Å²) in [7, 11) is 3.02. The second-order valence-corrected chi connectivity index (χ2v) is 5.28. The Hall–Kier alpha value is -2.69. The second-order valence-electron chi connectivity index (χ2n) is 5.28. The van der Waals surface area contributed by atoms with Crippen molar-refractivity contribution in [1.82, 2.24) is 0 Å². The van der Waals surface area contributed by atoms with Crippen LogP contribution in [0.1, 0.15) is 28.4 Å². The summed E-state index contributed by atoms with van der Waals surface area (Å²) >= 11 is 0. The van der Waals surface area contributed by atoms with Crippen LogP contribution in [0.25, 0.3) is 0 Å². The van der Waals surface area contributed by atoms with E-state index in [2.05, 4.69) is 5.32 Å². The molecule has 0 fully saturated rings. The summed E-state index contributed by atoms with van der Waals surface area (Å²) in [5, 5.41) is 3.50. The van der Waals surface area contributed by atoms with Crippen molar-refractivity contribution in [3.8, 4) is 11.5 Å². The van der Waals surface area contributed by atoms with E-state index in [0.29, 0.717) is 17.9 Å². The van der Waals surface area contributed by atoms with E-state index in [1.54, 1.807) is 19.2 Å². The molecule has 3 rings (SSSR count). The van der Waals surface area contributed by atoms with Gasteiger partial charge in [0.1, 0.15) is 11.5 Å². The quantitative estimate of drug-likeness (QED) is 0.877. The lowest BCUT2D eigenvalue weighted by atomic mass is 9.98. The number of rotatable bonds is 4. The Balaban J connectivity index is 1.88. The Morgan fingerprint density at radius 3 is 2.83 bits per heavy atom. The lowest BCUT2D eigenvalue weighted by molar-refractivity contribution is 0.0600. The zero-order valence-corrected chi connectivity index (χ0v) is 13.2. The van der Waals surface area contributed by atoms with Gasteiger partial charge in [-0.2, -0.15) is 0 Å². The summed E-state index contributed by atoms with van der Waals surface area (Å²) in [5.74, 6) is 1.15. The summed E-state index contributed by atoms with van der Waals surface area (Å²) in [4.78, 5) is 11.6. The maximum absolute atomic E-state index is 11.6. The largest absolute Gasteiger partial charge is 0.495 e. The molecule has 5 heteroatoms. The third-order valence-electron chi connectivity index (χ3n) is 3.91. The van der Waals surface area contributed by atoms with Gasteiger partial charge in [-0.05, 0) is 24.3 Å². The Kier molecular flexibility index (Phi) is 4.37. The van der Waals surface area contributed by atoms with Crippen LogP contribution in [0.15, 0.2) is 42.5 Å². The zero-order valence-electron chi connectivity index (χ0n) is 13.2. The third kappa shape index (κ3) is 3.08. The monoisotopic (exact) mass is 313 g/mol. The number of para-hydroxylation sites is 2. The number of anilines is 1. The van der Waals surface area contributed by atoms with Crippen molar-refractivity contribution < 1.29 is 19.0 Å². The van der Waals surface area contributed by atoms with Gasteiger partial charge in [0.2, 0.25) is 0 Å². The van der Waals surface area contributed by atoms with Crippen molar-refractivity contribution in [1.29, 1.82) is 0 Å². The fourth-order valence-corrected chi connectivity index (χ4v) is 2.74. The summed E-state index contributed by atoms with van der Waals surface area (Å²) in [6, 6.07) is 13.3. The van der Waals surface area contributed by atoms with E-state index in [0.717, 1.165) is 23.4 Å². The summed E-state index contributed by atoms with van der Waals surface area (Å²) < 4.78 is 15.8. The minimum Gasteiger partial charge on any atom is -0.495 e. The molecule has 2 aromatic rings. The van der Waals surface area contributed by atoms with E-state index < -0.39 is 0 Å². The number of nitrogens with one attached hydrogen (secondary N) is 1. The van der Waals surface area contributed by atoms with Crippen molar-refractivity contribution in [3.63, 3.8) is 0 Å². The SMILES string of the molecule is COC(=O)c1ccc2c(c1)OCCC2Nc1ccccc1OC. The molecule has 0 aliphatic carbocycles. The number of fused-ring (bicyclic) bond motifs is 1. The van der Waals surface area contributed by atoms with Crippen LogP contribution >= 0.6 is 0 Å². The molecule has 1 unspecified atom stereocenters. The minimum atomic E-state index is -0.365. The number of hydrogen-bond acceptors (Lipinski definition) is 5. The van der Waals surface area contributed by atoms with Gasteiger partial charge in [0.05, 0.1) is 38.1 Å². The van der Waals surface area contributed by atoms with E-state index in [1.807, 2.05) is 30.3 Å².